The number of carbonyl (C=O) groups is 1. The van der Waals surface area contributed by atoms with Crippen molar-refractivity contribution in [1.29, 1.82) is 0 Å². The molecule has 0 radical (unpaired) electrons. The van der Waals surface area contributed by atoms with Crippen LogP contribution in [0.2, 0.25) is 0 Å². The van der Waals surface area contributed by atoms with Gasteiger partial charge >= 0.3 is 0 Å². The fraction of sp³-hybridized carbons (Fsp3) is 0.235. The van der Waals surface area contributed by atoms with E-state index in [-0.39, 0.29) is 35.0 Å². The summed E-state index contributed by atoms with van der Waals surface area (Å²) in [4.78, 5) is 12.4. The minimum atomic E-state index is -0.397. The van der Waals surface area contributed by atoms with E-state index >= 15 is 0 Å². The fourth-order valence-corrected chi connectivity index (χ4v) is 2.70. The van der Waals surface area contributed by atoms with Gasteiger partial charge in [0.25, 0.3) is 0 Å². The summed E-state index contributed by atoms with van der Waals surface area (Å²) in [6.07, 6.45) is -0.222. The van der Waals surface area contributed by atoms with Crippen molar-refractivity contribution >= 4 is 5.78 Å². The summed E-state index contributed by atoms with van der Waals surface area (Å²) in [5.74, 6) is -0.119. The Labute approximate surface area is 122 Å². The Kier molecular flexibility index (Phi) is 3.09. The van der Waals surface area contributed by atoms with Gasteiger partial charge in [-0.25, -0.2) is 0 Å². The predicted octanol–water partition coefficient (Wildman–Crippen LogP) is 3.42. The number of hydrogen-bond acceptors (Lipinski definition) is 4. The fourth-order valence-electron chi connectivity index (χ4n) is 2.70. The summed E-state index contributed by atoms with van der Waals surface area (Å²) in [5.41, 5.74) is 1.86. The molecule has 0 fully saturated rings. The SMILES string of the molecule is Cc1c(O)c(C)c2c(c1O)C(=O)C[C@@H](c1ccccc1)O2. The lowest BCUT2D eigenvalue weighted by molar-refractivity contribution is 0.0842. The van der Waals surface area contributed by atoms with Gasteiger partial charge in [-0.05, 0) is 19.4 Å². The van der Waals surface area contributed by atoms with E-state index < -0.39 is 6.10 Å². The number of ketones is 1. The maximum atomic E-state index is 12.4. The molecule has 0 saturated heterocycles. The second-order valence-electron chi connectivity index (χ2n) is 5.30. The highest BCUT2D eigenvalue weighted by Gasteiger charge is 2.33. The van der Waals surface area contributed by atoms with Gasteiger partial charge in [-0.15, -0.1) is 0 Å². The zero-order valence-electron chi connectivity index (χ0n) is 11.9. The van der Waals surface area contributed by atoms with Crippen LogP contribution in [0, 0.1) is 13.8 Å². The van der Waals surface area contributed by atoms with Crippen LogP contribution in [0.15, 0.2) is 30.3 Å². The van der Waals surface area contributed by atoms with Gasteiger partial charge in [0, 0.05) is 11.1 Å². The highest BCUT2D eigenvalue weighted by Crippen LogP contribution is 2.47. The zero-order valence-corrected chi connectivity index (χ0v) is 11.9. The molecule has 3 rings (SSSR count). The van der Waals surface area contributed by atoms with Crippen molar-refractivity contribution in [2.24, 2.45) is 0 Å². The highest BCUT2D eigenvalue weighted by molar-refractivity contribution is 6.03. The Balaban J connectivity index is 2.13. The van der Waals surface area contributed by atoms with Crippen molar-refractivity contribution in [3.63, 3.8) is 0 Å². The number of ether oxygens (including phenoxy) is 1. The molecule has 2 aromatic carbocycles. The van der Waals surface area contributed by atoms with Crippen molar-refractivity contribution in [2.45, 2.75) is 26.4 Å². The largest absolute Gasteiger partial charge is 0.507 e. The lowest BCUT2D eigenvalue weighted by Gasteiger charge is -2.28. The molecule has 4 nitrogen and oxygen atoms in total. The van der Waals surface area contributed by atoms with Crippen molar-refractivity contribution in [3.05, 3.63) is 52.6 Å². The summed E-state index contributed by atoms with van der Waals surface area (Å²) in [6, 6.07) is 9.46. The first-order valence-electron chi connectivity index (χ1n) is 6.80. The molecule has 108 valence electrons. The molecule has 0 saturated carbocycles. The molecule has 1 atom stereocenters. The van der Waals surface area contributed by atoms with Gasteiger partial charge in [0.1, 0.15) is 28.9 Å². The van der Waals surface area contributed by atoms with Gasteiger partial charge in [0.05, 0.1) is 6.42 Å². The first-order chi connectivity index (χ1) is 10.0. The van der Waals surface area contributed by atoms with Gasteiger partial charge in [-0.3, -0.25) is 4.79 Å². The minimum Gasteiger partial charge on any atom is -0.507 e. The van der Waals surface area contributed by atoms with Crippen LogP contribution in [0.4, 0.5) is 0 Å². The maximum Gasteiger partial charge on any atom is 0.174 e. The van der Waals surface area contributed by atoms with Crippen LogP contribution in [-0.2, 0) is 0 Å². The molecule has 2 aromatic rings. The molecule has 1 heterocycles. The summed E-state index contributed by atoms with van der Waals surface area (Å²) < 4.78 is 5.90. The second-order valence-corrected chi connectivity index (χ2v) is 5.30. The average molecular weight is 284 g/mol. The third-order valence-electron chi connectivity index (χ3n) is 3.95. The molecule has 0 amide bonds. The Morgan fingerprint density at radius 1 is 1.05 bits per heavy atom. The van der Waals surface area contributed by atoms with E-state index in [0.717, 1.165) is 5.56 Å². The lowest BCUT2D eigenvalue weighted by Crippen LogP contribution is -2.21. The van der Waals surface area contributed by atoms with Crippen molar-refractivity contribution in [2.75, 3.05) is 0 Å². The Morgan fingerprint density at radius 3 is 2.38 bits per heavy atom. The van der Waals surface area contributed by atoms with Crippen LogP contribution in [0.5, 0.6) is 17.2 Å². The number of fused-ring (bicyclic) bond motifs is 1. The molecule has 1 aliphatic rings. The third-order valence-corrected chi connectivity index (χ3v) is 3.95. The number of phenolic OH excluding ortho intramolecular Hbond substituents is 2. The molecule has 4 heteroatoms. The Bertz CT molecular complexity index is 720. The molecule has 2 N–H and O–H groups in total. The second kappa shape index (κ2) is 4.81. The van der Waals surface area contributed by atoms with Crippen LogP contribution in [0.1, 0.15) is 39.6 Å². The number of phenols is 2. The maximum absolute atomic E-state index is 12.4. The van der Waals surface area contributed by atoms with E-state index in [1.807, 2.05) is 30.3 Å². The number of Topliss-reactive ketones (excluding diaryl/α,β-unsaturated/α-hetero) is 1. The lowest BCUT2D eigenvalue weighted by atomic mass is 9.92. The standard InChI is InChI=1S/C17H16O4/c1-9-15(19)10(2)17-14(16(9)20)12(18)8-13(21-17)11-6-4-3-5-7-11/h3-7,13,19-20H,8H2,1-2H3/t13-/m0/s1. The van der Waals surface area contributed by atoms with Gasteiger partial charge in [-0.2, -0.15) is 0 Å². The molecular weight excluding hydrogens is 268 g/mol. The third kappa shape index (κ3) is 2.03. The minimum absolute atomic E-state index is 0.0345. The van der Waals surface area contributed by atoms with Crippen molar-refractivity contribution < 1.29 is 19.7 Å². The molecule has 21 heavy (non-hydrogen) atoms. The summed E-state index contributed by atoms with van der Waals surface area (Å²) in [7, 11) is 0. The van der Waals surface area contributed by atoms with E-state index in [0.29, 0.717) is 11.1 Å². The molecule has 0 bridgehead atoms. The molecule has 0 aliphatic carbocycles. The summed E-state index contributed by atoms with van der Waals surface area (Å²) >= 11 is 0. The van der Waals surface area contributed by atoms with Gasteiger partial charge in [0.2, 0.25) is 0 Å². The van der Waals surface area contributed by atoms with E-state index in [2.05, 4.69) is 0 Å². The summed E-state index contributed by atoms with van der Waals surface area (Å²) in [5, 5.41) is 20.1. The van der Waals surface area contributed by atoms with Crippen LogP contribution >= 0.6 is 0 Å². The smallest absolute Gasteiger partial charge is 0.174 e. The first-order valence-corrected chi connectivity index (χ1v) is 6.80. The van der Waals surface area contributed by atoms with E-state index in [1.165, 1.54) is 0 Å². The number of carbonyl (C=O) groups excluding carboxylic acids is 1. The Hall–Kier alpha value is -2.49. The van der Waals surface area contributed by atoms with Gasteiger partial charge in [0.15, 0.2) is 5.78 Å². The zero-order chi connectivity index (χ0) is 15.1. The van der Waals surface area contributed by atoms with Crippen LogP contribution < -0.4 is 4.74 Å². The average Bonchev–Trinajstić information content (AvgIpc) is 2.51. The molecular formula is C17H16O4. The molecule has 1 aliphatic heterocycles. The quantitative estimate of drug-likeness (QED) is 0.842. The molecule has 0 unspecified atom stereocenters. The highest BCUT2D eigenvalue weighted by atomic mass is 16.5. The van der Waals surface area contributed by atoms with E-state index in [1.54, 1.807) is 13.8 Å². The summed E-state index contributed by atoms with van der Waals surface area (Å²) in [6.45, 7) is 3.26. The predicted molar refractivity (Wildman–Crippen MR) is 78.0 cm³/mol. The number of benzene rings is 2. The number of aromatic hydroxyl groups is 2. The number of hydrogen-bond donors (Lipinski definition) is 2. The number of rotatable bonds is 1. The van der Waals surface area contributed by atoms with Crippen molar-refractivity contribution in [1.82, 2.24) is 0 Å². The van der Waals surface area contributed by atoms with E-state index in [9.17, 15) is 15.0 Å². The van der Waals surface area contributed by atoms with Crippen LogP contribution in [-0.4, -0.2) is 16.0 Å². The van der Waals surface area contributed by atoms with Crippen molar-refractivity contribution in [3.8, 4) is 17.2 Å². The van der Waals surface area contributed by atoms with Crippen LogP contribution in [0.3, 0.4) is 0 Å². The van der Waals surface area contributed by atoms with E-state index in [4.69, 9.17) is 4.74 Å². The first kappa shape index (κ1) is 13.5. The molecule has 0 spiro atoms. The topological polar surface area (TPSA) is 66.8 Å². The van der Waals surface area contributed by atoms with Gasteiger partial charge < -0.3 is 14.9 Å². The molecule has 0 aromatic heterocycles. The monoisotopic (exact) mass is 284 g/mol. The van der Waals surface area contributed by atoms with Crippen LogP contribution in [0.25, 0.3) is 0 Å². The van der Waals surface area contributed by atoms with Gasteiger partial charge in [-0.1, -0.05) is 30.3 Å². The normalized spacial score (nSPS) is 17.2. The Morgan fingerprint density at radius 2 is 1.71 bits per heavy atom.